The lowest BCUT2D eigenvalue weighted by molar-refractivity contribution is -0.385. The average Bonchev–Trinajstić information content (AvgIpc) is 2.79. The summed E-state index contributed by atoms with van der Waals surface area (Å²) < 4.78 is 10.7. The number of nitrogens with zero attached hydrogens (tertiary/aromatic N) is 2. The number of halogens is 1. The first-order valence-corrected chi connectivity index (χ1v) is 8.03. The Morgan fingerprint density at radius 2 is 2.17 bits per heavy atom. The third kappa shape index (κ3) is 3.20. The lowest BCUT2D eigenvalue weighted by Gasteiger charge is -2.32. The number of benzene rings is 1. The molecule has 3 rings (SSSR count). The summed E-state index contributed by atoms with van der Waals surface area (Å²) in [6.45, 7) is 3.28. The molecule has 1 aromatic rings. The minimum atomic E-state index is -0.455. The van der Waals surface area contributed by atoms with Crippen molar-refractivity contribution in [2.24, 2.45) is 0 Å². The van der Waals surface area contributed by atoms with Gasteiger partial charge in [0.1, 0.15) is 0 Å². The Labute approximate surface area is 139 Å². The number of fused-ring (bicyclic) bond motifs is 1. The molecule has 0 saturated carbocycles. The second kappa shape index (κ2) is 6.86. The second-order valence-corrected chi connectivity index (χ2v) is 6.08. The zero-order valence-electron chi connectivity index (χ0n) is 13.0. The highest BCUT2D eigenvalue weighted by molar-refractivity contribution is 6.32. The van der Waals surface area contributed by atoms with Crippen molar-refractivity contribution in [2.75, 3.05) is 33.4 Å². The molecule has 0 bridgehead atoms. The van der Waals surface area contributed by atoms with Gasteiger partial charge in [-0.15, -0.1) is 0 Å². The summed E-state index contributed by atoms with van der Waals surface area (Å²) in [5, 5.41) is 11.7. The molecular weight excluding hydrogens is 320 g/mol. The number of nitro groups is 1. The van der Waals surface area contributed by atoms with Crippen LogP contribution in [0.25, 0.3) is 6.08 Å². The Balaban J connectivity index is 1.97. The van der Waals surface area contributed by atoms with Crippen molar-refractivity contribution in [3.8, 4) is 5.75 Å². The van der Waals surface area contributed by atoms with Gasteiger partial charge in [0.25, 0.3) is 0 Å². The molecule has 0 spiro atoms. The molecule has 1 unspecified atom stereocenters. The normalized spacial score (nSPS) is 21.6. The maximum atomic E-state index is 11.2. The Hall–Kier alpha value is -1.63. The monoisotopic (exact) mass is 338 g/mol. The minimum absolute atomic E-state index is 0.0919. The van der Waals surface area contributed by atoms with Crippen LogP contribution in [0.15, 0.2) is 12.1 Å². The predicted molar refractivity (Wildman–Crippen MR) is 88.2 cm³/mol. The summed E-state index contributed by atoms with van der Waals surface area (Å²) in [6.07, 6.45) is 5.70. The van der Waals surface area contributed by atoms with Gasteiger partial charge in [-0.1, -0.05) is 23.8 Å². The number of hydrogen-bond donors (Lipinski definition) is 0. The molecule has 23 heavy (non-hydrogen) atoms. The molecule has 1 saturated heterocycles. The summed E-state index contributed by atoms with van der Waals surface area (Å²) >= 11 is 6.30. The zero-order chi connectivity index (χ0) is 16.4. The van der Waals surface area contributed by atoms with Crippen LogP contribution in [0.2, 0.25) is 5.02 Å². The van der Waals surface area contributed by atoms with E-state index in [0.717, 1.165) is 50.3 Å². The molecule has 1 aliphatic carbocycles. The van der Waals surface area contributed by atoms with Crippen LogP contribution < -0.4 is 4.74 Å². The molecular formula is C16H19ClN2O4. The van der Waals surface area contributed by atoms with E-state index in [2.05, 4.69) is 11.0 Å². The molecule has 7 heteroatoms. The number of rotatable bonds is 3. The van der Waals surface area contributed by atoms with E-state index >= 15 is 0 Å². The number of ether oxygens (including phenoxy) is 2. The van der Waals surface area contributed by atoms with E-state index in [0.29, 0.717) is 5.02 Å². The van der Waals surface area contributed by atoms with Gasteiger partial charge in [-0.2, -0.15) is 0 Å². The van der Waals surface area contributed by atoms with Gasteiger partial charge >= 0.3 is 5.69 Å². The van der Waals surface area contributed by atoms with Crippen molar-refractivity contribution >= 4 is 23.4 Å². The summed E-state index contributed by atoms with van der Waals surface area (Å²) in [4.78, 5) is 13.2. The molecule has 1 aliphatic heterocycles. The first-order chi connectivity index (χ1) is 11.1. The summed E-state index contributed by atoms with van der Waals surface area (Å²) in [6, 6.07) is 1.67. The van der Waals surface area contributed by atoms with Crippen molar-refractivity contribution in [1.82, 2.24) is 4.90 Å². The second-order valence-electron chi connectivity index (χ2n) is 5.67. The number of methoxy groups -OCH3 is 1. The highest BCUT2D eigenvalue weighted by Crippen LogP contribution is 2.40. The topological polar surface area (TPSA) is 64.8 Å². The lowest BCUT2D eigenvalue weighted by atomic mass is 10.0. The van der Waals surface area contributed by atoms with Gasteiger partial charge in [-0.3, -0.25) is 15.0 Å². The molecule has 2 aliphatic rings. The predicted octanol–water partition coefficient (Wildman–Crippen LogP) is 2.92. The minimum Gasteiger partial charge on any atom is -0.490 e. The van der Waals surface area contributed by atoms with Crippen molar-refractivity contribution in [1.29, 1.82) is 0 Å². The van der Waals surface area contributed by atoms with Crippen LogP contribution in [0, 0.1) is 10.1 Å². The molecule has 1 aromatic carbocycles. The van der Waals surface area contributed by atoms with Gasteiger partial charge in [0.2, 0.25) is 5.75 Å². The van der Waals surface area contributed by atoms with E-state index < -0.39 is 4.92 Å². The summed E-state index contributed by atoms with van der Waals surface area (Å²) in [5.74, 6) is 0.285. The number of hydrogen-bond acceptors (Lipinski definition) is 5. The summed E-state index contributed by atoms with van der Waals surface area (Å²) in [7, 11) is 1.45. The van der Waals surface area contributed by atoms with Gasteiger partial charge in [-0.25, -0.2) is 0 Å². The van der Waals surface area contributed by atoms with E-state index in [-0.39, 0.29) is 17.5 Å². The Bertz CT molecular complexity index is 641. The van der Waals surface area contributed by atoms with Crippen molar-refractivity contribution in [3.63, 3.8) is 0 Å². The quantitative estimate of drug-likeness (QED) is 0.626. The lowest BCUT2D eigenvalue weighted by Crippen LogP contribution is -2.42. The Kier molecular flexibility index (Phi) is 4.84. The fraction of sp³-hybridized carbons (Fsp3) is 0.500. The number of morpholine rings is 1. The molecule has 0 radical (unpaired) electrons. The van der Waals surface area contributed by atoms with Crippen LogP contribution in [0.4, 0.5) is 5.69 Å². The van der Waals surface area contributed by atoms with E-state index in [1.165, 1.54) is 13.2 Å². The first kappa shape index (κ1) is 16.2. The van der Waals surface area contributed by atoms with Gasteiger partial charge in [-0.05, 0) is 18.4 Å². The van der Waals surface area contributed by atoms with E-state index in [1.54, 1.807) is 0 Å². The first-order valence-electron chi connectivity index (χ1n) is 7.65. The van der Waals surface area contributed by atoms with Crippen LogP contribution in [-0.2, 0) is 11.2 Å². The number of nitro benzene ring substituents is 1. The van der Waals surface area contributed by atoms with E-state index in [9.17, 15) is 10.1 Å². The van der Waals surface area contributed by atoms with Crippen LogP contribution in [0.5, 0.6) is 5.75 Å². The van der Waals surface area contributed by atoms with Gasteiger partial charge in [0, 0.05) is 30.8 Å². The van der Waals surface area contributed by atoms with Crippen molar-refractivity contribution in [2.45, 2.75) is 18.9 Å². The van der Waals surface area contributed by atoms with Gasteiger partial charge < -0.3 is 9.47 Å². The molecule has 1 heterocycles. The van der Waals surface area contributed by atoms with Crippen LogP contribution in [0.1, 0.15) is 17.5 Å². The molecule has 1 atom stereocenters. The smallest absolute Gasteiger partial charge is 0.313 e. The van der Waals surface area contributed by atoms with Gasteiger partial charge in [0.05, 0.1) is 30.3 Å². The maximum Gasteiger partial charge on any atom is 0.313 e. The molecule has 6 nitrogen and oxygen atoms in total. The third-order valence-corrected chi connectivity index (χ3v) is 4.78. The fourth-order valence-corrected chi connectivity index (χ4v) is 3.57. The summed E-state index contributed by atoms with van der Waals surface area (Å²) in [5.41, 5.74) is 1.55. The molecule has 0 amide bonds. The van der Waals surface area contributed by atoms with Gasteiger partial charge in [0.15, 0.2) is 0 Å². The SMILES string of the molecule is COc1c([N+](=O)[O-])cc(Cl)c2c1C=CC(N1CCOCC1)CC2. The molecule has 1 fully saturated rings. The standard InChI is InChI=1S/C16H19ClN2O4/c1-22-16-13-5-3-11(18-6-8-23-9-7-18)2-4-12(13)14(17)10-15(16)19(20)21/h3,5,10-11H,2,4,6-9H2,1H3. The highest BCUT2D eigenvalue weighted by Gasteiger charge is 2.27. The highest BCUT2D eigenvalue weighted by atomic mass is 35.5. The molecule has 124 valence electrons. The van der Waals surface area contributed by atoms with Crippen LogP contribution in [0.3, 0.4) is 0 Å². The van der Waals surface area contributed by atoms with Crippen LogP contribution >= 0.6 is 11.6 Å². The fourth-order valence-electron chi connectivity index (χ4n) is 3.27. The van der Waals surface area contributed by atoms with E-state index in [1.807, 2.05) is 6.08 Å². The van der Waals surface area contributed by atoms with Crippen molar-refractivity contribution < 1.29 is 14.4 Å². The average molecular weight is 339 g/mol. The van der Waals surface area contributed by atoms with Crippen molar-refractivity contribution in [3.05, 3.63) is 38.4 Å². The van der Waals surface area contributed by atoms with E-state index in [4.69, 9.17) is 21.1 Å². The zero-order valence-corrected chi connectivity index (χ0v) is 13.7. The van der Waals surface area contributed by atoms with Crippen LogP contribution in [-0.4, -0.2) is 49.3 Å². The largest absolute Gasteiger partial charge is 0.490 e. The Morgan fingerprint density at radius 3 is 2.83 bits per heavy atom. The maximum absolute atomic E-state index is 11.2. The third-order valence-electron chi connectivity index (χ3n) is 4.44. The molecule has 0 aromatic heterocycles. The molecule has 0 N–H and O–H groups in total. The Morgan fingerprint density at radius 1 is 1.43 bits per heavy atom.